The van der Waals surface area contributed by atoms with Gasteiger partial charge in [0, 0.05) is 11.1 Å². The van der Waals surface area contributed by atoms with Crippen LogP contribution in [0.3, 0.4) is 0 Å². The second-order valence-electron chi connectivity index (χ2n) is 5.96. The summed E-state index contributed by atoms with van der Waals surface area (Å²) in [4.78, 5) is 5.58. The lowest BCUT2D eigenvalue weighted by Gasteiger charge is -2.19. The predicted molar refractivity (Wildman–Crippen MR) is 99.3 cm³/mol. The number of benzene rings is 1. The van der Waals surface area contributed by atoms with Gasteiger partial charge in [0.05, 0.1) is 11.6 Å². The third-order valence-electron chi connectivity index (χ3n) is 3.95. The standard InChI is InChI=1S/C20H19N3S/c1-14(2)16-6-8-17(9-7-16)20(18-4-3-11-24-18)23-19-10-5-15(12-21)13-22-19/h3-11,13-14,20H,1-2H3,(H,22,23). The Hall–Kier alpha value is -2.64. The van der Waals surface area contributed by atoms with Crippen molar-refractivity contribution < 1.29 is 0 Å². The van der Waals surface area contributed by atoms with Crippen LogP contribution in [0.4, 0.5) is 5.82 Å². The zero-order valence-corrected chi connectivity index (χ0v) is 14.5. The number of thiophene rings is 1. The normalized spacial score (nSPS) is 11.9. The largest absolute Gasteiger partial charge is 0.358 e. The van der Waals surface area contributed by atoms with Crippen LogP contribution < -0.4 is 5.32 Å². The van der Waals surface area contributed by atoms with Gasteiger partial charge in [-0.15, -0.1) is 11.3 Å². The molecule has 0 aliphatic rings. The lowest BCUT2D eigenvalue weighted by atomic mass is 9.98. The minimum Gasteiger partial charge on any atom is -0.358 e. The van der Waals surface area contributed by atoms with E-state index in [4.69, 9.17) is 5.26 Å². The molecule has 1 N–H and O–H groups in total. The summed E-state index contributed by atoms with van der Waals surface area (Å²) in [5.41, 5.74) is 3.10. The summed E-state index contributed by atoms with van der Waals surface area (Å²) in [6.45, 7) is 4.40. The molecule has 0 spiro atoms. The molecule has 0 aliphatic carbocycles. The SMILES string of the molecule is CC(C)c1ccc(C(Nc2ccc(C#N)cn2)c2cccs2)cc1. The Kier molecular flexibility index (Phi) is 4.93. The molecule has 120 valence electrons. The van der Waals surface area contributed by atoms with Crippen molar-refractivity contribution >= 4 is 17.2 Å². The van der Waals surface area contributed by atoms with Crippen LogP contribution >= 0.6 is 11.3 Å². The van der Waals surface area contributed by atoms with E-state index in [1.54, 1.807) is 23.6 Å². The summed E-state index contributed by atoms with van der Waals surface area (Å²) in [5.74, 6) is 1.28. The van der Waals surface area contributed by atoms with Gasteiger partial charge in [-0.2, -0.15) is 5.26 Å². The number of nitrogens with one attached hydrogen (secondary N) is 1. The number of nitriles is 1. The Morgan fingerprint density at radius 1 is 1.04 bits per heavy atom. The highest BCUT2D eigenvalue weighted by atomic mass is 32.1. The lowest BCUT2D eigenvalue weighted by molar-refractivity contribution is 0.861. The Labute approximate surface area is 146 Å². The van der Waals surface area contributed by atoms with Crippen LogP contribution in [0.25, 0.3) is 0 Å². The van der Waals surface area contributed by atoms with Gasteiger partial charge in [0.25, 0.3) is 0 Å². The molecule has 2 aromatic heterocycles. The quantitative estimate of drug-likeness (QED) is 0.685. The number of aromatic nitrogens is 1. The third-order valence-corrected chi connectivity index (χ3v) is 4.89. The Morgan fingerprint density at radius 3 is 2.33 bits per heavy atom. The van der Waals surface area contributed by atoms with E-state index in [2.05, 4.69) is 72.0 Å². The molecule has 3 aromatic rings. The van der Waals surface area contributed by atoms with Gasteiger partial charge in [0.2, 0.25) is 0 Å². The summed E-state index contributed by atoms with van der Waals surface area (Å²) in [5, 5.41) is 14.5. The number of hydrogen-bond acceptors (Lipinski definition) is 4. The molecule has 0 amide bonds. The van der Waals surface area contributed by atoms with Crippen LogP contribution in [0.1, 0.15) is 47.4 Å². The number of rotatable bonds is 5. The summed E-state index contributed by atoms with van der Waals surface area (Å²) < 4.78 is 0. The van der Waals surface area contributed by atoms with Crippen LogP contribution in [-0.2, 0) is 0 Å². The highest BCUT2D eigenvalue weighted by Crippen LogP contribution is 2.30. The van der Waals surface area contributed by atoms with E-state index in [-0.39, 0.29) is 6.04 Å². The fraction of sp³-hybridized carbons (Fsp3) is 0.200. The van der Waals surface area contributed by atoms with Crippen molar-refractivity contribution in [1.82, 2.24) is 4.98 Å². The molecule has 1 atom stereocenters. The Balaban J connectivity index is 1.90. The van der Waals surface area contributed by atoms with Gasteiger partial charge in [-0.3, -0.25) is 0 Å². The first kappa shape index (κ1) is 16.2. The van der Waals surface area contributed by atoms with Gasteiger partial charge < -0.3 is 5.32 Å². The van der Waals surface area contributed by atoms with Gasteiger partial charge in [-0.25, -0.2) is 4.98 Å². The molecule has 0 fully saturated rings. The van der Waals surface area contributed by atoms with E-state index < -0.39 is 0 Å². The lowest BCUT2D eigenvalue weighted by Crippen LogP contribution is -2.12. The zero-order valence-electron chi connectivity index (χ0n) is 13.7. The van der Waals surface area contributed by atoms with Crippen molar-refractivity contribution in [3.05, 3.63) is 81.7 Å². The van der Waals surface area contributed by atoms with Gasteiger partial charge in [0.1, 0.15) is 11.9 Å². The summed E-state index contributed by atoms with van der Waals surface area (Å²) in [6.07, 6.45) is 1.59. The van der Waals surface area contributed by atoms with Crippen LogP contribution in [0.15, 0.2) is 60.1 Å². The first-order chi connectivity index (χ1) is 11.7. The van der Waals surface area contributed by atoms with Crippen molar-refractivity contribution in [3.63, 3.8) is 0 Å². The van der Waals surface area contributed by atoms with E-state index in [1.165, 1.54) is 16.0 Å². The first-order valence-corrected chi connectivity index (χ1v) is 8.81. The van der Waals surface area contributed by atoms with Crippen molar-refractivity contribution in [1.29, 1.82) is 5.26 Å². The topological polar surface area (TPSA) is 48.7 Å². The van der Waals surface area contributed by atoms with Crippen LogP contribution in [-0.4, -0.2) is 4.98 Å². The van der Waals surface area contributed by atoms with Gasteiger partial charge >= 0.3 is 0 Å². The fourth-order valence-electron chi connectivity index (χ4n) is 2.54. The number of hydrogen-bond donors (Lipinski definition) is 1. The predicted octanol–water partition coefficient (Wildman–Crippen LogP) is 5.34. The average Bonchev–Trinajstić information content (AvgIpc) is 3.14. The van der Waals surface area contributed by atoms with E-state index in [0.717, 1.165) is 5.82 Å². The zero-order chi connectivity index (χ0) is 16.9. The minimum absolute atomic E-state index is 0.0478. The van der Waals surface area contributed by atoms with Gasteiger partial charge in [0.15, 0.2) is 0 Å². The van der Waals surface area contributed by atoms with Gasteiger partial charge in [-0.05, 0) is 40.6 Å². The summed E-state index contributed by atoms with van der Waals surface area (Å²) >= 11 is 1.72. The highest BCUT2D eigenvalue weighted by Gasteiger charge is 2.16. The number of nitrogens with zero attached hydrogens (tertiary/aromatic N) is 2. The van der Waals surface area contributed by atoms with Crippen molar-refractivity contribution in [2.75, 3.05) is 5.32 Å². The van der Waals surface area contributed by atoms with Crippen molar-refractivity contribution in [2.45, 2.75) is 25.8 Å². The molecule has 3 nitrogen and oxygen atoms in total. The fourth-order valence-corrected chi connectivity index (χ4v) is 3.34. The molecular weight excluding hydrogens is 314 g/mol. The number of pyridine rings is 1. The van der Waals surface area contributed by atoms with Crippen LogP contribution in [0, 0.1) is 11.3 Å². The molecule has 1 unspecified atom stereocenters. The van der Waals surface area contributed by atoms with Crippen LogP contribution in [0.2, 0.25) is 0 Å². The molecule has 24 heavy (non-hydrogen) atoms. The molecule has 0 aliphatic heterocycles. The molecule has 0 saturated heterocycles. The maximum absolute atomic E-state index is 8.90. The minimum atomic E-state index is 0.0478. The average molecular weight is 333 g/mol. The second-order valence-corrected chi connectivity index (χ2v) is 6.94. The molecule has 2 heterocycles. The Morgan fingerprint density at radius 2 is 1.79 bits per heavy atom. The molecule has 1 aromatic carbocycles. The maximum Gasteiger partial charge on any atom is 0.126 e. The molecular formula is C20H19N3S. The molecule has 4 heteroatoms. The van der Waals surface area contributed by atoms with E-state index in [9.17, 15) is 0 Å². The highest BCUT2D eigenvalue weighted by molar-refractivity contribution is 7.10. The monoisotopic (exact) mass is 333 g/mol. The van der Waals surface area contributed by atoms with Crippen molar-refractivity contribution in [3.8, 4) is 6.07 Å². The van der Waals surface area contributed by atoms with E-state index >= 15 is 0 Å². The van der Waals surface area contributed by atoms with E-state index in [0.29, 0.717) is 11.5 Å². The Bertz CT molecular complexity index is 813. The number of anilines is 1. The van der Waals surface area contributed by atoms with E-state index in [1.807, 2.05) is 6.07 Å². The molecule has 3 rings (SSSR count). The summed E-state index contributed by atoms with van der Waals surface area (Å²) in [6, 6.07) is 18.7. The molecule has 0 saturated carbocycles. The second kappa shape index (κ2) is 7.29. The van der Waals surface area contributed by atoms with Crippen LogP contribution in [0.5, 0.6) is 0 Å². The summed E-state index contributed by atoms with van der Waals surface area (Å²) in [7, 11) is 0. The first-order valence-electron chi connectivity index (χ1n) is 7.93. The maximum atomic E-state index is 8.90. The van der Waals surface area contributed by atoms with Crippen molar-refractivity contribution in [2.24, 2.45) is 0 Å². The molecule has 0 radical (unpaired) electrons. The third kappa shape index (κ3) is 3.64. The van der Waals surface area contributed by atoms with Gasteiger partial charge in [-0.1, -0.05) is 44.2 Å². The smallest absolute Gasteiger partial charge is 0.126 e. The molecule has 0 bridgehead atoms.